The zero-order valence-electron chi connectivity index (χ0n) is 10.9. The summed E-state index contributed by atoms with van der Waals surface area (Å²) in [7, 11) is 0. The van der Waals surface area contributed by atoms with Gasteiger partial charge in [-0.25, -0.2) is 4.98 Å². The van der Waals surface area contributed by atoms with Crippen molar-refractivity contribution in [2.75, 3.05) is 13.2 Å². The van der Waals surface area contributed by atoms with Gasteiger partial charge in [-0.15, -0.1) is 11.3 Å². The second-order valence-electron chi connectivity index (χ2n) is 3.86. The van der Waals surface area contributed by atoms with E-state index in [1.54, 1.807) is 23.6 Å². The van der Waals surface area contributed by atoms with Crippen molar-refractivity contribution in [1.82, 2.24) is 10.3 Å². The first-order valence-corrected chi connectivity index (χ1v) is 7.95. The van der Waals surface area contributed by atoms with Gasteiger partial charge in [0.2, 0.25) is 0 Å². The molecule has 1 amide bonds. The average molecular weight is 310 g/mol. The Bertz CT molecular complexity index is 578. The molecule has 7 heteroatoms. The third-order valence-electron chi connectivity index (χ3n) is 2.42. The highest BCUT2D eigenvalue weighted by atomic mass is 32.1. The lowest BCUT2D eigenvalue weighted by molar-refractivity contribution is -0.142. The molecule has 0 bridgehead atoms. The number of thiophene rings is 1. The molecule has 2 rings (SSSR count). The number of nitrogens with zero attached hydrogens (tertiary/aromatic N) is 1. The molecule has 0 atom stereocenters. The minimum Gasteiger partial charge on any atom is -0.466 e. The van der Waals surface area contributed by atoms with E-state index in [0.717, 1.165) is 10.6 Å². The summed E-state index contributed by atoms with van der Waals surface area (Å²) in [5.41, 5.74) is 1.39. The van der Waals surface area contributed by atoms with E-state index in [1.165, 1.54) is 11.3 Å². The van der Waals surface area contributed by atoms with E-state index in [2.05, 4.69) is 10.3 Å². The lowest BCUT2D eigenvalue weighted by Crippen LogP contribution is -2.26. The number of ether oxygens (including phenoxy) is 1. The molecule has 0 saturated heterocycles. The van der Waals surface area contributed by atoms with Gasteiger partial charge in [-0.2, -0.15) is 11.3 Å². The molecule has 0 spiro atoms. The van der Waals surface area contributed by atoms with Gasteiger partial charge in [0.05, 0.1) is 13.0 Å². The lowest BCUT2D eigenvalue weighted by atomic mass is 10.3. The number of aromatic nitrogens is 1. The predicted octanol–water partition coefficient (Wildman–Crippen LogP) is 2.55. The Labute approximate surface area is 124 Å². The normalized spacial score (nSPS) is 10.2. The summed E-state index contributed by atoms with van der Waals surface area (Å²) in [6.07, 6.45) is 0.168. The van der Waals surface area contributed by atoms with Crippen molar-refractivity contribution in [3.05, 3.63) is 27.9 Å². The second kappa shape index (κ2) is 7.16. The van der Waals surface area contributed by atoms with Crippen molar-refractivity contribution in [2.45, 2.75) is 13.3 Å². The van der Waals surface area contributed by atoms with Crippen molar-refractivity contribution in [3.8, 4) is 10.6 Å². The van der Waals surface area contributed by atoms with Gasteiger partial charge >= 0.3 is 5.97 Å². The van der Waals surface area contributed by atoms with E-state index in [9.17, 15) is 9.59 Å². The second-order valence-corrected chi connectivity index (χ2v) is 5.50. The van der Waals surface area contributed by atoms with Gasteiger partial charge in [0, 0.05) is 22.9 Å². The number of rotatable bonds is 6. The van der Waals surface area contributed by atoms with Crippen molar-refractivity contribution < 1.29 is 14.3 Å². The van der Waals surface area contributed by atoms with Gasteiger partial charge in [-0.05, 0) is 18.4 Å². The van der Waals surface area contributed by atoms with Crippen LogP contribution >= 0.6 is 22.7 Å². The van der Waals surface area contributed by atoms with Crippen molar-refractivity contribution >= 4 is 34.6 Å². The van der Waals surface area contributed by atoms with Crippen LogP contribution in [0.1, 0.15) is 23.8 Å². The fraction of sp³-hybridized carbons (Fsp3) is 0.308. The van der Waals surface area contributed by atoms with Crippen LogP contribution in [0, 0.1) is 0 Å². The Hall–Kier alpha value is -1.73. The van der Waals surface area contributed by atoms with E-state index >= 15 is 0 Å². The zero-order valence-corrected chi connectivity index (χ0v) is 12.6. The van der Waals surface area contributed by atoms with Crippen LogP contribution in [0.25, 0.3) is 10.6 Å². The number of thiazole rings is 1. The quantitative estimate of drug-likeness (QED) is 0.833. The molecular formula is C13H14N2O3S2. The van der Waals surface area contributed by atoms with Gasteiger partial charge in [0.1, 0.15) is 10.7 Å². The van der Waals surface area contributed by atoms with Crippen LogP contribution in [-0.4, -0.2) is 30.0 Å². The predicted molar refractivity (Wildman–Crippen MR) is 79.0 cm³/mol. The van der Waals surface area contributed by atoms with Crippen molar-refractivity contribution in [3.63, 3.8) is 0 Å². The maximum absolute atomic E-state index is 11.9. The van der Waals surface area contributed by atoms with Gasteiger partial charge in [0.25, 0.3) is 5.91 Å². The number of carbonyl (C=O) groups excluding carboxylic acids is 2. The molecule has 20 heavy (non-hydrogen) atoms. The number of hydrogen-bond acceptors (Lipinski definition) is 6. The van der Waals surface area contributed by atoms with E-state index in [4.69, 9.17) is 4.74 Å². The molecule has 5 nitrogen and oxygen atoms in total. The number of hydrogen-bond donors (Lipinski definition) is 1. The van der Waals surface area contributed by atoms with Crippen LogP contribution in [0.4, 0.5) is 0 Å². The summed E-state index contributed by atoms with van der Waals surface area (Å²) < 4.78 is 4.78. The molecule has 2 heterocycles. The molecule has 0 aliphatic rings. The van der Waals surface area contributed by atoms with Crippen LogP contribution in [-0.2, 0) is 9.53 Å². The maximum Gasteiger partial charge on any atom is 0.307 e. The fourth-order valence-corrected chi connectivity index (χ4v) is 3.01. The molecule has 0 aromatic carbocycles. The molecular weight excluding hydrogens is 296 g/mol. The van der Waals surface area contributed by atoms with E-state index in [0.29, 0.717) is 12.3 Å². The average Bonchev–Trinajstić information content (AvgIpc) is 3.10. The topological polar surface area (TPSA) is 68.3 Å². The number of nitrogens with one attached hydrogen (secondary N) is 1. The molecule has 0 aliphatic heterocycles. The highest BCUT2D eigenvalue weighted by Crippen LogP contribution is 2.25. The minimum atomic E-state index is -0.315. The summed E-state index contributed by atoms with van der Waals surface area (Å²) in [4.78, 5) is 27.3. The lowest BCUT2D eigenvalue weighted by Gasteiger charge is -2.03. The van der Waals surface area contributed by atoms with E-state index < -0.39 is 0 Å². The van der Waals surface area contributed by atoms with Gasteiger partial charge in [0.15, 0.2) is 0 Å². The number of amides is 1. The Morgan fingerprint density at radius 2 is 2.25 bits per heavy atom. The van der Waals surface area contributed by atoms with Crippen LogP contribution < -0.4 is 5.32 Å². The molecule has 0 unspecified atom stereocenters. The van der Waals surface area contributed by atoms with Crippen molar-refractivity contribution in [1.29, 1.82) is 0 Å². The van der Waals surface area contributed by atoms with Gasteiger partial charge < -0.3 is 10.1 Å². The Morgan fingerprint density at radius 3 is 2.95 bits per heavy atom. The molecule has 106 valence electrons. The molecule has 2 aromatic heterocycles. The summed E-state index contributed by atoms with van der Waals surface area (Å²) in [6.45, 7) is 2.35. The number of carbonyl (C=O) groups is 2. The smallest absolute Gasteiger partial charge is 0.307 e. The summed E-state index contributed by atoms with van der Waals surface area (Å²) in [5.74, 6) is -0.586. The first-order chi connectivity index (χ1) is 9.70. The molecule has 1 N–H and O–H groups in total. The Kier molecular flexibility index (Phi) is 5.25. The van der Waals surface area contributed by atoms with Crippen LogP contribution in [0.3, 0.4) is 0 Å². The highest BCUT2D eigenvalue weighted by molar-refractivity contribution is 7.14. The standard InChI is InChI=1S/C13H14N2O3S2/c1-2-18-11(16)3-5-14-12(17)10-8-20-13(15-10)9-4-6-19-7-9/h4,6-8H,2-3,5H2,1H3,(H,14,17). The fourth-order valence-electron chi connectivity index (χ4n) is 1.50. The zero-order chi connectivity index (χ0) is 14.4. The molecule has 0 fully saturated rings. The maximum atomic E-state index is 11.9. The highest BCUT2D eigenvalue weighted by Gasteiger charge is 2.12. The minimum absolute atomic E-state index is 0.168. The van der Waals surface area contributed by atoms with E-state index in [1.807, 2.05) is 16.8 Å². The summed E-state index contributed by atoms with van der Waals surface area (Å²) in [5, 5.41) is 9.15. The first-order valence-electron chi connectivity index (χ1n) is 6.12. The summed E-state index contributed by atoms with van der Waals surface area (Å²) in [6, 6.07) is 1.96. The monoisotopic (exact) mass is 310 g/mol. The van der Waals surface area contributed by atoms with Crippen LogP contribution in [0.5, 0.6) is 0 Å². The molecule has 0 aliphatic carbocycles. The van der Waals surface area contributed by atoms with Crippen LogP contribution in [0.15, 0.2) is 22.2 Å². The largest absolute Gasteiger partial charge is 0.466 e. The molecule has 0 radical (unpaired) electrons. The Morgan fingerprint density at radius 1 is 1.40 bits per heavy atom. The van der Waals surface area contributed by atoms with Crippen molar-refractivity contribution in [2.24, 2.45) is 0 Å². The van der Waals surface area contributed by atoms with Crippen LogP contribution in [0.2, 0.25) is 0 Å². The molecule has 0 saturated carbocycles. The van der Waals surface area contributed by atoms with E-state index in [-0.39, 0.29) is 24.8 Å². The third kappa shape index (κ3) is 3.88. The third-order valence-corrected chi connectivity index (χ3v) is 4.00. The first kappa shape index (κ1) is 14.7. The van der Waals surface area contributed by atoms with Gasteiger partial charge in [-0.3, -0.25) is 9.59 Å². The Balaban J connectivity index is 1.86. The van der Waals surface area contributed by atoms with Gasteiger partial charge in [-0.1, -0.05) is 0 Å². The SMILES string of the molecule is CCOC(=O)CCNC(=O)c1csc(-c2ccsc2)n1. The molecule has 2 aromatic rings. The number of esters is 1. The summed E-state index contributed by atoms with van der Waals surface area (Å²) >= 11 is 3.02.